The molecule has 0 bridgehead atoms. The lowest BCUT2D eigenvalue weighted by molar-refractivity contribution is -0.0517. The van der Waals surface area contributed by atoms with E-state index in [0.717, 1.165) is 10.9 Å². The van der Waals surface area contributed by atoms with Crippen molar-refractivity contribution in [3.63, 3.8) is 0 Å². The number of ether oxygens (including phenoxy) is 1. The Bertz CT molecular complexity index is 861. The van der Waals surface area contributed by atoms with E-state index in [-0.39, 0.29) is 17.0 Å². The van der Waals surface area contributed by atoms with Crippen LogP contribution in [0.15, 0.2) is 11.1 Å². The van der Waals surface area contributed by atoms with Gasteiger partial charge in [-0.2, -0.15) is 0 Å². The van der Waals surface area contributed by atoms with Gasteiger partial charge in [0, 0.05) is 0 Å². The number of nitrogen functional groups attached to an aromatic ring is 1. The molecular weight excluding hydrogens is 349 g/mol. The predicted octanol–water partition coefficient (Wildman–Crippen LogP) is -2.57. The molecule has 14 heteroatoms. The summed E-state index contributed by atoms with van der Waals surface area (Å²) >= 11 is 0. The molecule has 24 heavy (non-hydrogen) atoms. The number of imidazole rings is 1. The predicted molar refractivity (Wildman–Crippen MR) is 76.5 cm³/mol. The number of rotatable bonds is 4. The summed E-state index contributed by atoms with van der Waals surface area (Å²) in [6.45, 7) is -0.687. The number of nitrogens with one attached hydrogen (secondary N) is 1. The molecule has 13 nitrogen and oxygen atoms in total. The van der Waals surface area contributed by atoms with Gasteiger partial charge in [0.2, 0.25) is 0 Å². The van der Waals surface area contributed by atoms with Crippen LogP contribution in [-0.2, 0) is 13.8 Å². The van der Waals surface area contributed by atoms with Gasteiger partial charge >= 0.3 is 13.5 Å². The van der Waals surface area contributed by atoms with Crippen molar-refractivity contribution in [1.82, 2.24) is 19.5 Å². The molecule has 1 aliphatic heterocycles. The average molecular weight is 363 g/mol. The first-order valence-electron chi connectivity index (χ1n) is 6.61. The number of phosphoric acid groups is 1. The second kappa shape index (κ2) is 5.89. The Morgan fingerprint density at radius 1 is 1.38 bits per heavy atom. The third-order valence-electron chi connectivity index (χ3n) is 3.53. The zero-order valence-electron chi connectivity index (χ0n) is 11.9. The van der Waals surface area contributed by atoms with Crippen molar-refractivity contribution in [3.8, 4) is 0 Å². The number of aromatic nitrogens is 4. The molecule has 1 aliphatic rings. The molecule has 4 atom stereocenters. The molecular formula is C10H14N5O8P. The molecule has 0 aliphatic carbocycles. The summed E-state index contributed by atoms with van der Waals surface area (Å²) in [6, 6.07) is 0. The van der Waals surface area contributed by atoms with Gasteiger partial charge in [-0.3, -0.25) is 4.52 Å². The molecule has 2 aromatic heterocycles. The van der Waals surface area contributed by atoms with Gasteiger partial charge in [0.05, 0.1) is 6.61 Å². The summed E-state index contributed by atoms with van der Waals surface area (Å²) < 4.78 is 21.3. The number of aliphatic hydroxyl groups is 2. The monoisotopic (exact) mass is 363 g/mol. The minimum atomic E-state index is -4.78. The number of nitrogens with two attached hydrogens (primary N) is 1. The van der Waals surface area contributed by atoms with E-state index in [1.807, 2.05) is 0 Å². The van der Waals surface area contributed by atoms with Gasteiger partial charge in [-0.1, -0.05) is 0 Å². The zero-order chi connectivity index (χ0) is 17.6. The molecule has 7 N–H and O–H groups in total. The fraction of sp³-hybridized carbons (Fsp3) is 0.500. The maximum absolute atomic E-state index is 12.1. The van der Waals surface area contributed by atoms with Crippen LogP contribution < -0.4 is 11.4 Å². The third kappa shape index (κ3) is 2.93. The number of hydrogen-bond acceptors (Lipinski definition) is 9. The second-order valence-corrected chi connectivity index (χ2v) is 6.33. The first-order chi connectivity index (χ1) is 11.2. The van der Waals surface area contributed by atoms with E-state index in [4.69, 9.17) is 20.3 Å². The van der Waals surface area contributed by atoms with E-state index < -0.39 is 44.7 Å². The van der Waals surface area contributed by atoms with Crippen LogP contribution in [0.5, 0.6) is 0 Å². The van der Waals surface area contributed by atoms with Crippen LogP contribution in [0.2, 0.25) is 0 Å². The summed E-state index contributed by atoms with van der Waals surface area (Å²) in [5, 5.41) is 20.1. The summed E-state index contributed by atoms with van der Waals surface area (Å²) in [6.07, 6.45) is -4.64. The Morgan fingerprint density at radius 2 is 2.08 bits per heavy atom. The van der Waals surface area contributed by atoms with Crippen LogP contribution in [0.25, 0.3) is 11.2 Å². The summed E-state index contributed by atoms with van der Waals surface area (Å²) in [7, 11) is -4.78. The van der Waals surface area contributed by atoms with Crippen molar-refractivity contribution in [2.24, 2.45) is 0 Å². The number of anilines is 1. The van der Waals surface area contributed by atoms with Crippen molar-refractivity contribution >= 4 is 24.8 Å². The molecule has 132 valence electrons. The van der Waals surface area contributed by atoms with Gasteiger partial charge in [0.25, 0.3) is 0 Å². The van der Waals surface area contributed by atoms with Crippen LogP contribution in [0, 0.1) is 0 Å². The molecule has 2 aromatic rings. The number of fused-ring (bicyclic) bond motifs is 1. The second-order valence-electron chi connectivity index (χ2n) is 5.09. The fourth-order valence-electron chi connectivity index (χ4n) is 2.44. The van der Waals surface area contributed by atoms with Crippen molar-refractivity contribution < 1.29 is 33.8 Å². The number of aliphatic hydroxyl groups excluding tert-OH is 2. The van der Waals surface area contributed by atoms with Gasteiger partial charge in [-0.05, 0) is 0 Å². The molecule has 3 rings (SSSR count). The molecule has 1 saturated heterocycles. The van der Waals surface area contributed by atoms with E-state index in [9.17, 15) is 19.6 Å². The van der Waals surface area contributed by atoms with E-state index in [1.165, 1.54) is 0 Å². The van der Waals surface area contributed by atoms with Crippen LogP contribution in [-0.4, -0.2) is 64.4 Å². The van der Waals surface area contributed by atoms with Gasteiger partial charge in [0.1, 0.15) is 30.2 Å². The topological polar surface area (TPSA) is 206 Å². The van der Waals surface area contributed by atoms with E-state index in [0.29, 0.717) is 0 Å². The summed E-state index contributed by atoms with van der Waals surface area (Å²) in [5.74, 6) is 0.00488. The third-order valence-corrected chi connectivity index (χ3v) is 4.02. The highest BCUT2D eigenvalue weighted by atomic mass is 31.2. The fourth-order valence-corrected chi connectivity index (χ4v) is 2.78. The molecule has 3 heterocycles. The lowest BCUT2D eigenvalue weighted by Gasteiger charge is -2.15. The minimum Gasteiger partial charge on any atom is -0.387 e. The number of aromatic amines is 1. The zero-order valence-corrected chi connectivity index (χ0v) is 12.8. The average Bonchev–Trinajstić information content (AvgIpc) is 2.96. The lowest BCUT2D eigenvalue weighted by Crippen LogP contribution is -2.35. The van der Waals surface area contributed by atoms with Gasteiger partial charge in [-0.15, -0.1) is 0 Å². The minimum absolute atomic E-state index is 0.00488. The van der Waals surface area contributed by atoms with E-state index in [2.05, 4.69) is 19.5 Å². The van der Waals surface area contributed by atoms with Crippen LogP contribution in [0.4, 0.5) is 5.82 Å². The van der Waals surface area contributed by atoms with E-state index in [1.54, 1.807) is 0 Å². The Kier molecular flexibility index (Phi) is 4.17. The quantitative estimate of drug-likeness (QED) is 0.311. The largest absolute Gasteiger partial charge is 0.469 e. The van der Waals surface area contributed by atoms with Crippen LogP contribution in [0.3, 0.4) is 0 Å². The van der Waals surface area contributed by atoms with Crippen molar-refractivity contribution in [1.29, 1.82) is 0 Å². The maximum Gasteiger partial charge on any atom is 0.469 e. The number of H-pyrrole nitrogens is 1. The Morgan fingerprint density at radius 3 is 2.75 bits per heavy atom. The smallest absolute Gasteiger partial charge is 0.387 e. The van der Waals surface area contributed by atoms with E-state index >= 15 is 0 Å². The maximum atomic E-state index is 12.1. The highest BCUT2D eigenvalue weighted by Crippen LogP contribution is 2.38. The highest BCUT2D eigenvalue weighted by Gasteiger charge is 2.45. The number of hydrogen-bond donors (Lipinski definition) is 6. The molecule has 4 unspecified atom stereocenters. The first kappa shape index (κ1) is 17.0. The van der Waals surface area contributed by atoms with Gasteiger partial charge in [0.15, 0.2) is 17.7 Å². The molecule has 0 radical (unpaired) electrons. The van der Waals surface area contributed by atoms with Crippen molar-refractivity contribution in [2.75, 3.05) is 12.3 Å². The van der Waals surface area contributed by atoms with Crippen molar-refractivity contribution in [2.45, 2.75) is 24.5 Å². The first-order valence-corrected chi connectivity index (χ1v) is 8.14. The van der Waals surface area contributed by atoms with Gasteiger partial charge in [-0.25, -0.2) is 23.9 Å². The van der Waals surface area contributed by atoms with Crippen molar-refractivity contribution in [3.05, 3.63) is 16.8 Å². The Hall–Kier alpha value is -1.86. The molecule has 0 aromatic carbocycles. The number of nitrogens with zero attached hydrogens (tertiary/aromatic N) is 3. The van der Waals surface area contributed by atoms with Gasteiger partial charge < -0.3 is 35.5 Å². The molecule has 1 fully saturated rings. The molecule has 0 amide bonds. The standard InChI is InChI=1S/C10H14N5O8P/c11-7-4-8(13-2-12-7)15(10(18)14-4)9-6(17)5(16)3(23-9)1-22-24(19,20)21/h2-3,5-6,9,16-17H,1H2,(H,14,18)(H2,11,12,13)(H2,19,20,21). The summed E-state index contributed by atoms with van der Waals surface area (Å²) in [5.41, 5.74) is 5.08. The number of phosphoric ester groups is 1. The lowest BCUT2D eigenvalue weighted by atomic mass is 10.1. The van der Waals surface area contributed by atoms with Crippen LogP contribution in [0.1, 0.15) is 6.23 Å². The SMILES string of the molecule is Nc1ncnc2c1[nH]c(=O)n2C1OC(COP(=O)(O)O)C(O)C1O. The molecule has 0 saturated carbocycles. The Labute approximate surface area is 132 Å². The highest BCUT2D eigenvalue weighted by molar-refractivity contribution is 7.46. The van der Waals surface area contributed by atoms with Crippen LogP contribution >= 0.6 is 7.82 Å². The normalized spacial score (nSPS) is 27.8. The Balaban J connectivity index is 1.93. The molecule has 0 spiro atoms. The summed E-state index contributed by atoms with van der Waals surface area (Å²) in [4.78, 5) is 39.5.